The Bertz CT molecular complexity index is 1170. The van der Waals surface area contributed by atoms with Crippen LogP contribution in [0.15, 0.2) is 47.5 Å². The number of aromatic nitrogens is 1. The van der Waals surface area contributed by atoms with Crippen LogP contribution in [0.4, 0.5) is 5.82 Å². The Balaban J connectivity index is 1.21. The van der Waals surface area contributed by atoms with Crippen molar-refractivity contribution in [1.29, 1.82) is 0 Å². The van der Waals surface area contributed by atoms with Gasteiger partial charge in [-0.1, -0.05) is 12.1 Å². The van der Waals surface area contributed by atoms with E-state index in [-0.39, 0.29) is 23.8 Å². The zero-order valence-electron chi connectivity index (χ0n) is 21.6. The Labute approximate surface area is 222 Å². The number of amides is 2. The molecule has 37 heavy (non-hydrogen) atoms. The molecule has 5 rings (SSSR count). The second-order valence-corrected chi connectivity index (χ2v) is 11.1. The fourth-order valence-corrected chi connectivity index (χ4v) is 7.05. The number of nitrogens with zero attached hydrogens (tertiary/aromatic N) is 4. The van der Waals surface area contributed by atoms with Crippen LogP contribution in [0.1, 0.15) is 24.8 Å². The molecule has 2 saturated heterocycles. The average molecular weight is 523 g/mol. The minimum atomic E-state index is -0.0325. The number of likely N-dealkylation sites (N-methyl/N-ethyl adjacent to an activating group) is 1. The third-order valence-electron chi connectivity index (χ3n) is 7.68. The number of thioether (sulfide) groups is 1. The van der Waals surface area contributed by atoms with Crippen LogP contribution in [0, 0.1) is 5.92 Å². The summed E-state index contributed by atoms with van der Waals surface area (Å²) in [7, 11) is 5.09. The molecule has 3 unspecified atom stereocenters. The van der Waals surface area contributed by atoms with E-state index in [1.807, 2.05) is 59.3 Å². The van der Waals surface area contributed by atoms with Gasteiger partial charge in [0.05, 0.1) is 19.1 Å². The van der Waals surface area contributed by atoms with E-state index < -0.39 is 0 Å². The van der Waals surface area contributed by atoms with Crippen LogP contribution in [-0.2, 0) is 9.59 Å². The van der Waals surface area contributed by atoms with Crippen molar-refractivity contribution in [3.05, 3.63) is 53.1 Å². The lowest BCUT2D eigenvalue weighted by molar-refractivity contribution is -0.139. The molecule has 2 aliphatic heterocycles. The highest BCUT2D eigenvalue weighted by atomic mass is 32.2. The smallest absolute Gasteiger partial charge is 0.260 e. The summed E-state index contributed by atoms with van der Waals surface area (Å²) in [5, 5.41) is 0.291. The first-order chi connectivity index (χ1) is 18.0. The normalized spacial score (nSPS) is 25.2. The Kier molecular flexibility index (Phi) is 7.60. The van der Waals surface area contributed by atoms with Crippen molar-refractivity contribution >= 4 is 35.5 Å². The predicted molar refractivity (Wildman–Crippen MR) is 146 cm³/mol. The van der Waals surface area contributed by atoms with Crippen molar-refractivity contribution in [3.8, 4) is 11.5 Å². The molecule has 0 spiro atoms. The first kappa shape index (κ1) is 25.4. The van der Waals surface area contributed by atoms with E-state index in [9.17, 15) is 9.59 Å². The second-order valence-electron chi connectivity index (χ2n) is 9.77. The maximum atomic E-state index is 13.4. The number of carbonyl (C=O) groups is 2. The van der Waals surface area contributed by atoms with Crippen LogP contribution in [0.2, 0.25) is 0 Å². The van der Waals surface area contributed by atoms with Crippen molar-refractivity contribution in [2.24, 2.45) is 5.92 Å². The van der Waals surface area contributed by atoms with Crippen molar-refractivity contribution in [2.45, 2.75) is 30.6 Å². The van der Waals surface area contributed by atoms with Gasteiger partial charge in [0, 0.05) is 56.6 Å². The van der Waals surface area contributed by atoms with Crippen molar-refractivity contribution < 1.29 is 19.1 Å². The van der Waals surface area contributed by atoms with Gasteiger partial charge in [0.1, 0.15) is 5.82 Å². The fourth-order valence-electron chi connectivity index (χ4n) is 5.57. The van der Waals surface area contributed by atoms with Crippen LogP contribution in [-0.4, -0.2) is 85.3 Å². The molecule has 3 heterocycles. The molecular weight excluding hydrogens is 488 g/mol. The van der Waals surface area contributed by atoms with E-state index in [0.29, 0.717) is 29.8 Å². The summed E-state index contributed by atoms with van der Waals surface area (Å²) in [6, 6.07) is 11.7. The van der Waals surface area contributed by atoms with Gasteiger partial charge in [0.25, 0.3) is 5.91 Å². The monoisotopic (exact) mass is 522 g/mol. The third kappa shape index (κ3) is 5.28. The molecule has 0 N–H and O–H groups in total. The van der Waals surface area contributed by atoms with Crippen molar-refractivity contribution in [2.75, 3.05) is 52.3 Å². The highest BCUT2D eigenvalue weighted by Crippen LogP contribution is 2.44. The van der Waals surface area contributed by atoms with E-state index in [1.54, 1.807) is 32.2 Å². The van der Waals surface area contributed by atoms with Crippen LogP contribution in [0.3, 0.4) is 0 Å². The molecule has 3 aliphatic rings. The molecule has 1 aliphatic carbocycles. The molecule has 9 heteroatoms. The van der Waals surface area contributed by atoms with Gasteiger partial charge in [-0.25, -0.2) is 4.98 Å². The highest BCUT2D eigenvalue weighted by Gasteiger charge is 2.43. The number of rotatable bonds is 5. The topological polar surface area (TPSA) is 75.2 Å². The molecule has 3 fully saturated rings. The number of anilines is 1. The Morgan fingerprint density at radius 2 is 1.84 bits per heavy atom. The van der Waals surface area contributed by atoms with E-state index in [2.05, 4.69) is 9.88 Å². The minimum Gasteiger partial charge on any atom is -0.493 e. The summed E-state index contributed by atoms with van der Waals surface area (Å²) >= 11 is 1.65. The highest BCUT2D eigenvalue weighted by molar-refractivity contribution is 8.04. The summed E-state index contributed by atoms with van der Waals surface area (Å²) in [6.07, 6.45) is 6.24. The molecule has 0 bridgehead atoms. The zero-order chi connectivity index (χ0) is 25.9. The van der Waals surface area contributed by atoms with Gasteiger partial charge in [-0.05, 0) is 55.2 Å². The fraction of sp³-hybridized carbons (Fsp3) is 0.464. The maximum absolute atomic E-state index is 13.4. The first-order valence-corrected chi connectivity index (χ1v) is 13.7. The number of hydrogen-bond donors (Lipinski definition) is 0. The predicted octanol–water partition coefficient (Wildman–Crippen LogP) is 3.53. The van der Waals surface area contributed by atoms with Gasteiger partial charge < -0.3 is 24.2 Å². The van der Waals surface area contributed by atoms with Gasteiger partial charge in [-0.3, -0.25) is 9.59 Å². The summed E-state index contributed by atoms with van der Waals surface area (Å²) in [4.78, 5) is 38.0. The lowest BCUT2D eigenvalue weighted by Gasteiger charge is -2.45. The number of piperazine rings is 1. The van der Waals surface area contributed by atoms with E-state index in [0.717, 1.165) is 48.6 Å². The van der Waals surface area contributed by atoms with Crippen LogP contribution in [0.5, 0.6) is 11.5 Å². The van der Waals surface area contributed by atoms with Crippen molar-refractivity contribution in [1.82, 2.24) is 14.8 Å². The zero-order valence-corrected chi connectivity index (χ0v) is 22.4. The van der Waals surface area contributed by atoms with Gasteiger partial charge in [-0.2, -0.15) is 0 Å². The van der Waals surface area contributed by atoms with Gasteiger partial charge in [-0.15, -0.1) is 11.8 Å². The summed E-state index contributed by atoms with van der Waals surface area (Å²) in [5.41, 5.74) is 0.897. The third-order valence-corrected chi connectivity index (χ3v) is 9.08. The van der Waals surface area contributed by atoms with E-state index in [4.69, 9.17) is 9.47 Å². The molecule has 3 atom stereocenters. The molecule has 2 aromatic rings. The average Bonchev–Trinajstić information content (AvgIpc) is 2.95. The SMILES string of the molecule is COc1ccc(/C=C2\SC3CCC(C(=O)N4CCN(c5ccccn5)CC4)CC3N(C)C2=O)cc1OC. The first-order valence-electron chi connectivity index (χ1n) is 12.8. The minimum absolute atomic E-state index is 0.0121. The number of methoxy groups -OCH3 is 2. The van der Waals surface area contributed by atoms with Crippen LogP contribution >= 0.6 is 11.8 Å². The van der Waals surface area contributed by atoms with Gasteiger partial charge in [0.15, 0.2) is 11.5 Å². The number of hydrogen-bond acceptors (Lipinski definition) is 7. The van der Waals surface area contributed by atoms with Gasteiger partial charge in [0.2, 0.25) is 5.91 Å². The summed E-state index contributed by atoms with van der Waals surface area (Å²) < 4.78 is 10.7. The Hall–Kier alpha value is -3.20. The second kappa shape index (κ2) is 11.0. The molecule has 8 nitrogen and oxygen atoms in total. The quantitative estimate of drug-likeness (QED) is 0.556. The molecular formula is C28H34N4O4S. The van der Waals surface area contributed by atoms with Crippen LogP contribution < -0.4 is 14.4 Å². The lowest BCUT2D eigenvalue weighted by Crippen LogP contribution is -2.55. The Morgan fingerprint density at radius 3 is 2.54 bits per heavy atom. The Morgan fingerprint density at radius 1 is 1.05 bits per heavy atom. The molecule has 1 aromatic carbocycles. The summed E-state index contributed by atoms with van der Waals surface area (Å²) in [5.74, 6) is 2.47. The summed E-state index contributed by atoms with van der Waals surface area (Å²) in [6.45, 7) is 3.00. The molecule has 1 saturated carbocycles. The molecule has 196 valence electrons. The number of ether oxygens (including phenoxy) is 2. The lowest BCUT2D eigenvalue weighted by atomic mass is 9.83. The van der Waals surface area contributed by atoms with Gasteiger partial charge >= 0.3 is 0 Å². The molecule has 2 amide bonds. The number of benzene rings is 1. The number of fused-ring (bicyclic) bond motifs is 1. The number of carbonyl (C=O) groups excluding carboxylic acids is 2. The van der Waals surface area contributed by atoms with Crippen molar-refractivity contribution in [3.63, 3.8) is 0 Å². The standard InChI is InChI=1S/C28H34N4O4S/c1-30-21-18-20(27(33)32-14-12-31(13-15-32)26-6-4-5-11-29-26)8-10-24(21)37-25(28(30)34)17-19-7-9-22(35-2)23(16-19)36-3/h4-7,9,11,16-17,20-21,24H,8,10,12-15,18H2,1-3H3/b25-17-. The number of pyridine rings is 1. The van der Waals surface area contributed by atoms with Crippen LogP contribution in [0.25, 0.3) is 6.08 Å². The molecule has 1 aromatic heterocycles. The van der Waals surface area contributed by atoms with E-state index in [1.165, 1.54) is 0 Å². The molecule has 0 radical (unpaired) electrons. The van der Waals surface area contributed by atoms with E-state index >= 15 is 0 Å². The maximum Gasteiger partial charge on any atom is 0.260 e. The largest absolute Gasteiger partial charge is 0.493 e.